The minimum absolute atomic E-state index is 0.0832. The maximum absolute atomic E-state index is 13.3. The molecule has 1 N–H and O–H groups in total. The van der Waals surface area contributed by atoms with E-state index in [0.717, 1.165) is 25.7 Å². The van der Waals surface area contributed by atoms with E-state index >= 15 is 0 Å². The van der Waals surface area contributed by atoms with Crippen LogP contribution in [0.2, 0.25) is 0 Å². The van der Waals surface area contributed by atoms with Gasteiger partial charge < -0.3 is 9.84 Å². The predicted molar refractivity (Wildman–Crippen MR) is 121 cm³/mol. The Morgan fingerprint density at radius 3 is 2.65 bits per heavy atom. The number of fused-ring (bicyclic) bond motifs is 5. The molecule has 0 heterocycles. The van der Waals surface area contributed by atoms with Gasteiger partial charge in [0.2, 0.25) is 0 Å². The van der Waals surface area contributed by atoms with Crippen molar-refractivity contribution in [2.75, 3.05) is 5.33 Å². The Morgan fingerprint density at radius 1 is 1.23 bits per heavy atom. The summed E-state index contributed by atoms with van der Waals surface area (Å²) >= 11 is 3.33. The lowest BCUT2D eigenvalue weighted by Crippen LogP contribution is -2.63. The molecule has 0 saturated heterocycles. The average Bonchev–Trinajstić information content (AvgIpc) is 3.00. The molecule has 0 unspecified atom stereocenters. The van der Waals surface area contributed by atoms with Crippen LogP contribution in [0.4, 0.5) is 0 Å². The van der Waals surface area contributed by atoms with Crippen LogP contribution < -0.4 is 0 Å². The second kappa shape index (κ2) is 8.09. The van der Waals surface area contributed by atoms with Gasteiger partial charge in [-0.25, -0.2) is 0 Å². The van der Waals surface area contributed by atoms with Gasteiger partial charge in [-0.1, -0.05) is 42.3 Å². The minimum atomic E-state index is -1.17. The topological polar surface area (TPSA) is 80.7 Å². The molecule has 0 aromatic rings. The van der Waals surface area contributed by atoms with E-state index in [4.69, 9.17) is 4.74 Å². The molecule has 0 aliphatic heterocycles. The Labute approximate surface area is 193 Å². The summed E-state index contributed by atoms with van der Waals surface area (Å²) in [6.07, 6.45) is 7.15. The van der Waals surface area contributed by atoms with Crippen molar-refractivity contribution in [1.82, 2.24) is 0 Å². The van der Waals surface area contributed by atoms with Crippen LogP contribution in [0, 0.1) is 28.6 Å². The average molecular weight is 495 g/mol. The predicted octanol–water partition coefficient (Wildman–Crippen LogP) is 4.54. The molecule has 3 fully saturated rings. The third-order valence-electron chi connectivity index (χ3n) is 9.33. The highest BCUT2D eigenvalue weighted by molar-refractivity contribution is 9.09. The molecule has 4 aliphatic carbocycles. The van der Waals surface area contributed by atoms with Crippen LogP contribution in [-0.2, 0) is 19.1 Å². The maximum atomic E-state index is 13.3. The zero-order valence-electron chi connectivity index (χ0n) is 18.9. The maximum Gasteiger partial charge on any atom is 0.306 e. The number of ether oxygens (including phenoxy) is 1. The molecule has 3 saturated carbocycles. The number of alkyl halides is 1. The SMILES string of the molecule is CCCC(=O)O[C@]1(C(=O)CBr)CC[C@H]2[C@@H]3CCC4=CC(=O)CC[C@]4(C)[C@H]3[C@@H](O)C[C@@]21C. The highest BCUT2D eigenvalue weighted by atomic mass is 79.9. The number of carbonyl (C=O) groups excluding carboxylic acids is 3. The van der Waals surface area contributed by atoms with Crippen molar-refractivity contribution in [3.63, 3.8) is 0 Å². The second-order valence-corrected chi connectivity index (χ2v) is 11.3. The summed E-state index contributed by atoms with van der Waals surface area (Å²) in [6, 6.07) is 0. The molecule has 5 nitrogen and oxygen atoms in total. The Morgan fingerprint density at radius 2 is 1.97 bits per heavy atom. The Kier molecular flexibility index (Phi) is 6.04. The Hall–Kier alpha value is -1.01. The summed E-state index contributed by atoms with van der Waals surface area (Å²) in [5, 5.41) is 11.7. The summed E-state index contributed by atoms with van der Waals surface area (Å²) in [7, 11) is 0. The van der Waals surface area contributed by atoms with Crippen molar-refractivity contribution in [1.29, 1.82) is 0 Å². The molecule has 4 rings (SSSR count). The molecule has 7 atom stereocenters. The molecule has 31 heavy (non-hydrogen) atoms. The lowest BCUT2D eigenvalue weighted by atomic mass is 9.45. The Balaban J connectivity index is 1.73. The normalized spacial score (nSPS) is 44.0. The number of allylic oxidation sites excluding steroid dienone is 1. The van der Waals surface area contributed by atoms with E-state index < -0.39 is 17.1 Å². The second-order valence-electron chi connectivity index (χ2n) is 10.7. The van der Waals surface area contributed by atoms with Crippen LogP contribution in [0.25, 0.3) is 0 Å². The molecule has 0 radical (unpaired) electrons. The molecule has 4 aliphatic rings. The number of Topliss-reactive ketones (excluding diaryl/α,β-unsaturated/α-hetero) is 1. The third-order valence-corrected chi connectivity index (χ3v) is 9.84. The smallest absolute Gasteiger partial charge is 0.306 e. The van der Waals surface area contributed by atoms with Gasteiger partial charge in [0.1, 0.15) is 0 Å². The number of halogens is 1. The summed E-state index contributed by atoms with van der Waals surface area (Å²) in [6.45, 7) is 6.22. The van der Waals surface area contributed by atoms with Gasteiger partial charge in [0.15, 0.2) is 17.2 Å². The first-order valence-electron chi connectivity index (χ1n) is 11.9. The van der Waals surface area contributed by atoms with E-state index in [0.29, 0.717) is 32.1 Å². The van der Waals surface area contributed by atoms with Gasteiger partial charge in [-0.2, -0.15) is 0 Å². The molecule has 6 heteroatoms. The van der Waals surface area contributed by atoms with Gasteiger partial charge in [0, 0.05) is 18.3 Å². The number of carbonyl (C=O) groups is 3. The number of ketones is 2. The molecule has 0 spiro atoms. The van der Waals surface area contributed by atoms with E-state index in [1.54, 1.807) is 0 Å². The summed E-state index contributed by atoms with van der Waals surface area (Å²) in [4.78, 5) is 37.9. The molecular formula is C25H35BrO5. The van der Waals surface area contributed by atoms with E-state index in [1.165, 1.54) is 5.57 Å². The lowest BCUT2D eigenvalue weighted by molar-refractivity contribution is -0.200. The molecular weight excluding hydrogens is 460 g/mol. The molecule has 0 bridgehead atoms. The number of aliphatic hydroxyl groups is 1. The zero-order valence-corrected chi connectivity index (χ0v) is 20.5. The van der Waals surface area contributed by atoms with Crippen molar-refractivity contribution < 1.29 is 24.2 Å². The zero-order chi connectivity index (χ0) is 22.6. The molecule has 172 valence electrons. The van der Waals surface area contributed by atoms with Gasteiger partial charge >= 0.3 is 5.97 Å². The van der Waals surface area contributed by atoms with Gasteiger partial charge in [-0.3, -0.25) is 14.4 Å². The number of hydrogen-bond acceptors (Lipinski definition) is 5. The van der Waals surface area contributed by atoms with Crippen molar-refractivity contribution in [2.45, 2.75) is 90.3 Å². The fourth-order valence-corrected chi connectivity index (χ4v) is 8.37. The van der Waals surface area contributed by atoms with Crippen molar-refractivity contribution in [2.24, 2.45) is 28.6 Å². The van der Waals surface area contributed by atoms with Crippen LogP contribution in [0.1, 0.15) is 78.6 Å². The van der Waals surface area contributed by atoms with E-state index in [1.807, 2.05) is 13.0 Å². The van der Waals surface area contributed by atoms with Crippen LogP contribution in [0.15, 0.2) is 11.6 Å². The number of esters is 1. The molecule has 0 aromatic carbocycles. The van der Waals surface area contributed by atoms with Gasteiger partial charge in [0.25, 0.3) is 0 Å². The van der Waals surface area contributed by atoms with E-state index in [2.05, 4.69) is 29.8 Å². The minimum Gasteiger partial charge on any atom is -0.450 e. The lowest BCUT2D eigenvalue weighted by Gasteiger charge is -2.60. The monoisotopic (exact) mass is 494 g/mol. The van der Waals surface area contributed by atoms with Gasteiger partial charge in [-0.05, 0) is 74.2 Å². The molecule has 0 aromatic heterocycles. The van der Waals surface area contributed by atoms with Crippen LogP contribution in [0.5, 0.6) is 0 Å². The standard InChI is InChI=1S/C25H35BrO5/c1-4-5-21(30)31-25(20(29)14-26)11-9-18-17-7-6-15-12-16(27)8-10-23(15,2)22(17)19(28)13-24(18,25)3/h12,17-19,22,28H,4-11,13-14H2,1-3H3/t17-,18-,19-,22+,23-,24-,25-/m0/s1. The number of aliphatic hydroxyl groups excluding tert-OH is 1. The Bertz CT molecular complexity index is 821. The van der Waals surface area contributed by atoms with Crippen molar-refractivity contribution in [3.05, 3.63) is 11.6 Å². The van der Waals surface area contributed by atoms with Crippen LogP contribution in [-0.4, -0.2) is 39.7 Å². The first-order chi connectivity index (χ1) is 14.6. The first-order valence-corrected chi connectivity index (χ1v) is 13.0. The number of rotatable bonds is 5. The summed E-state index contributed by atoms with van der Waals surface area (Å²) in [5.41, 5.74) is -0.716. The van der Waals surface area contributed by atoms with Crippen molar-refractivity contribution in [3.8, 4) is 0 Å². The van der Waals surface area contributed by atoms with Crippen molar-refractivity contribution >= 4 is 33.5 Å². The van der Waals surface area contributed by atoms with E-state index in [-0.39, 0.29) is 46.0 Å². The fourth-order valence-electron chi connectivity index (χ4n) is 7.92. The third kappa shape index (κ3) is 3.30. The first kappa shape index (κ1) is 23.2. The van der Waals surface area contributed by atoms with Gasteiger partial charge in [-0.15, -0.1) is 0 Å². The van der Waals surface area contributed by atoms with E-state index in [9.17, 15) is 19.5 Å². The molecule has 0 amide bonds. The summed E-state index contributed by atoms with van der Waals surface area (Å²) in [5.74, 6) is 0.361. The van der Waals surface area contributed by atoms with Crippen LogP contribution in [0.3, 0.4) is 0 Å². The highest BCUT2D eigenvalue weighted by Crippen LogP contribution is 2.68. The highest BCUT2D eigenvalue weighted by Gasteiger charge is 2.70. The van der Waals surface area contributed by atoms with Gasteiger partial charge in [0.05, 0.1) is 11.4 Å². The largest absolute Gasteiger partial charge is 0.450 e. The van der Waals surface area contributed by atoms with Crippen LogP contribution >= 0.6 is 15.9 Å². The summed E-state index contributed by atoms with van der Waals surface area (Å²) < 4.78 is 6.05. The number of hydrogen-bond donors (Lipinski definition) is 1. The fraction of sp³-hybridized carbons (Fsp3) is 0.800. The quantitative estimate of drug-likeness (QED) is 0.448.